The van der Waals surface area contributed by atoms with Crippen LogP contribution in [0.15, 0.2) is 36.4 Å². The molecule has 2 rings (SSSR count). The van der Waals surface area contributed by atoms with E-state index in [-0.39, 0.29) is 11.3 Å². The van der Waals surface area contributed by atoms with Gasteiger partial charge in [-0.3, -0.25) is 4.79 Å². The lowest BCUT2D eigenvalue weighted by Gasteiger charge is -2.28. The lowest BCUT2D eigenvalue weighted by molar-refractivity contribution is -0.146. The van der Waals surface area contributed by atoms with Crippen LogP contribution in [-0.2, 0) is 19.3 Å². The predicted octanol–water partition coefficient (Wildman–Crippen LogP) is 2.84. The number of benzene rings is 2. The zero-order chi connectivity index (χ0) is 19.6. The third-order valence-electron chi connectivity index (χ3n) is 4.42. The summed E-state index contributed by atoms with van der Waals surface area (Å²) in [5.41, 5.74) is -1.47. The summed E-state index contributed by atoms with van der Waals surface area (Å²) in [6, 6.07) is 7.35. The van der Waals surface area contributed by atoms with Gasteiger partial charge in [0.2, 0.25) is 0 Å². The van der Waals surface area contributed by atoms with Gasteiger partial charge in [0.05, 0.1) is 0 Å². The largest absolute Gasteiger partial charge is 0.504 e. The van der Waals surface area contributed by atoms with Crippen molar-refractivity contribution in [3.05, 3.63) is 47.5 Å². The maximum absolute atomic E-state index is 13.1. The summed E-state index contributed by atoms with van der Waals surface area (Å²) in [5.74, 6) is -4.27. The van der Waals surface area contributed by atoms with E-state index in [1.165, 1.54) is 38.1 Å². The molecule has 7 nitrogen and oxygen atoms in total. The molecule has 0 aliphatic heterocycles. The Morgan fingerprint density at radius 3 is 2.00 bits per heavy atom. The highest BCUT2D eigenvalue weighted by atomic mass is 35.5. The summed E-state index contributed by atoms with van der Waals surface area (Å²) in [6.45, 7) is 2.79. The van der Waals surface area contributed by atoms with Crippen LogP contribution in [0.25, 0.3) is 0 Å². The van der Waals surface area contributed by atoms with E-state index < -0.39 is 40.3 Å². The standard InChI is InChI=1S/C18H17ClO7/c1-9(10-3-5-12(20)14(22)7-10)16(24)18(2,17(25)26-19)11-4-6-13(21)15(23)8-11/h3-9,20-23H,1-2H3. The molecule has 0 aromatic heterocycles. The summed E-state index contributed by atoms with van der Waals surface area (Å²) in [7, 11) is 0. The third kappa shape index (κ3) is 3.25. The number of rotatable bonds is 5. The van der Waals surface area contributed by atoms with E-state index in [1.54, 1.807) is 0 Å². The smallest absolute Gasteiger partial charge is 0.342 e. The molecule has 0 aliphatic rings. The SMILES string of the molecule is CC(C(=O)C(C)(C(=O)OCl)c1ccc(O)c(O)c1)c1ccc(O)c(O)c1. The number of hydrogen-bond donors (Lipinski definition) is 4. The van der Waals surface area contributed by atoms with Gasteiger partial charge in [0.25, 0.3) is 0 Å². The normalized spacial score (nSPS) is 14.3. The second-order valence-corrected chi connectivity index (χ2v) is 6.18. The summed E-state index contributed by atoms with van der Waals surface area (Å²) < 4.78 is 4.27. The number of ketones is 1. The number of halogens is 1. The molecule has 2 aromatic rings. The van der Waals surface area contributed by atoms with Crippen LogP contribution in [0.4, 0.5) is 0 Å². The zero-order valence-corrected chi connectivity index (χ0v) is 14.7. The van der Waals surface area contributed by atoms with Crippen molar-refractivity contribution in [1.29, 1.82) is 0 Å². The Labute approximate surface area is 154 Å². The van der Waals surface area contributed by atoms with Crippen molar-refractivity contribution >= 4 is 23.6 Å². The van der Waals surface area contributed by atoms with E-state index >= 15 is 0 Å². The van der Waals surface area contributed by atoms with Crippen LogP contribution in [0, 0.1) is 0 Å². The monoisotopic (exact) mass is 380 g/mol. The van der Waals surface area contributed by atoms with Gasteiger partial charge in [-0.25, -0.2) is 4.79 Å². The number of carbonyl (C=O) groups excluding carboxylic acids is 2. The van der Waals surface area contributed by atoms with Crippen LogP contribution in [0.2, 0.25) is 0 Å². The summed E-state index contributed by atoms with van der Waals surface area (Å²) in [5, 5.41) is 38.2. The quantitative estimate of drug-likeness (QED) is 0.464. The molecule has 4 N–H and O–H groups in total. The van der Waals surface area contributed by atoms with Gasteiger partial charge >= 0.3 is 5.97 Å². The average Bonchev–Trinajstić information content (AvgIpc) is 2.63. The second-order valence-electron chi connectivity index (χ2n) is 6.03. The molecule has 8 heteroatoms. The highest BCUT2D eigenvalue weighted by Crippen LogP contribution is 2.38. The van der Waals surface area contributed by atoms with Crippen molar-refractivity contribution in [3.63, 3.8) is 0 Å². The molecule has 138 valence electrons. The molecule has 0 radical (unpaired) electrons. The minimum Gasteiger partial charge on any atom is -0.504 e. The highest BCUT2D eigenvalue weighted by molar-refractivity contribution is 6.20. The Hall–Kier alpha value is -2.93. The van der Waals surface area contributed by atoms with Crippen molar-refractivity contribution in [2.24, 2.45) is 0 Å². The third-order valence-corrected chi connectivity index (χ3v) is 4.56. The molecule has 26 heavy (non-hydrogen) atoms. The molecule has 0 fully saturated rings. The first-order chi connectivity index (χ1) is 12.1. The van der Waals surface area contributed by atoms with Gasteiger partial charge in [0.15, 0.2) is 34.2 Å². The summed E-state index contributed by atoms with van der Waals surface area (Å²) >= 11 is 5.21. The van der Waals surface area contributed by atoms with Gasteiger partial charge in [-0.05, 0) is 42.3 Å². The fraction of sp³-hybridized carbons (Fsp3) is 0.222. The Balaban J connectivity index is 2.54. The molecular weight excluding hydrogens is 364 g/mol. The minimum absolute atomic E-state index is 0.0679. The van der Waals surface area contributed by atoms with Crippen LogP contribution in [0.3, 0.4) is 0 Å². The van der Waals surface area contributed by atoms with Crippen LogP contribution in [-0.4, -0.2) is 32.2 Å². The number of carbonyl (C=O) groups is 2. The van der Waals surface area contributed by atoms with E-state index in [0.29, 0.717) is 5.56 Å². The molecule has 2 aromatic carbocycles. The van der Waals surface area contributed by atoms with Gasteiger partial charge in [-0.1, -0.05) is 19.1 Å². The molecule has 0 heterocycles. The first kappa shape index (κ1) is 19.4. The summed E-state index contributed by atoms with van der Waals surface area (Å²) in [4.78, 5) is 25.4. The lowest BCUT2D eigenvalue weighted by Crippen LogP contribution is -2.43. The maximum Gasteiger partial charge on any atom is 0.342 e. The van der Waals surface area contributed by atoms with Gasteiger partial charge in [-0.2, -0.15) is 0 Å². The number of aromatic hydroxyl groups is 4. The molecular formula is C18H17ClO7. The van der Waals surface area contributed by atoms with Crippen LogP contribution in [0.5, 0.6) is 23.0 Å². The van der Waals surface area contributed by atoms with E-state index in [2.05, 4.69) is 4.29 Å². The molecule has 0 spiro atoms. The maximum atomic E-state index is 13.1. The molecule has 0 amide bonds. The minimum atomic E-state index is -1.89. The predicted molar refractivity (Wildman–Crippen MR) is 92.3 cm³/mol. The van der Waals surface area contributed by atoms with E-state index in [9.17, 15) is 30.0 Å². The number of phenols is 4. The Morgan fingerprint density at radius 1 is 0.962 bits per heavy atom. The van der Waals surface area contributed by atoms with Crippen molar-refractivity contribution in [1.82, 2.24) is 0 Å². The van der Waals surface area contributed by atoms with E-state index in [4.69, 9.17) is 11.9 Å². The van der Waals surface area contributed by atoms with Gasteiger partial charge in [0, 0.05) is 5.92 Å². The topological polar surface area (TPSA) is 124 Å². The van der Waals surface area contributed by atoms with Gasteiger partial charge in [-0.15, -0.1) is 0 Å². The van der Waals surface area contributed by atoms with Gasteiger partial charge in [0.1, 0.15) is 11.9 Å². The van der Waals surface area contributed by atoms with E-state index in [0.717, 1.165) is 12.1 Å². The molecule has 2 atom stereocenters. The van der Waals surface area contributed by atoms with Crippen molar-refractivity contribution in [3.8, 4) is 23.0 Å². The fourth-order valence-corrected chi connectivity index (χ4v) is 2.82. The molecule has 0 saturated heterocycles. The van der Waals surface area contributed by atoms with Crippen molar-refractivity contribution < 1.29 is 34.3 Å². The molecule has 0 bridgehead atoms. The van der Waals surface area contributed by atoms with Crippen molar-refractivity contribution in [2.45, 2.75) is 25.2 Å². The molecule has 0 saturated carbocycles. The lowest BCUT2D eigenvalue weighted by atomic mass is 9.73. The van der Waals surface area contributed by atoms with Crippen LogP contribution < -0.4 is 0 Å². The first-order valence-corrected chi connectivity index (χ1v) is 7.85. The Morgan fingerprint density at radius 2 is 1.50 bits per heavy atom. The number of hydrogen-bond acceptors (Lipinski definition) is 7. The Bertz CT molecular complexity index is 865. The Kier molecular flexibility index (Phi) is 5.32. The zero-order valence-electron chi connectivity index (χ0n) is 13.9. The highest BCUT2D eigenvalue weighted by Gasteiger charge is 2.47. The molecule has 2 unspecified atom stereocenters. The van der Waals surface area contributed by atoms with Crippen LogP contribution in [0.1, 0.15) is 30.9 Å². The fourth-order valence-electron chi connectivity index (χ4n) is 2.67. The first-order valence-electron chi connectivity index (χ1n) is 7.54. The van der Waals surface area contributed by atoms with Gasteiger partial charge < -0.3 is 24.7 Å². The number of phenolic OH excluding ortho intramolecular Hbond substituents is 4. The summed E-state index contributed by atoms with van der Waals surface area (Å²) in [6.07, 6.45) is 0. The number of Topliss-reactive ketones (excluding diaryl/α,β-unsaturated/α-hetero) is 1. The average molecular weight is 381 g/mol. The van der Waals surface area contributed by atoms with Crippen molar-refractivity contribution in [2.75, 3.05) is 0 Å². The van der Waals surface area contributed by atoms with Crippen LogP contribution >= 0.6 is 11.9 Å². The second kappa shape index (κ2) is 7.13. The molecule has 0 aliphatic carbocycles. The van der Waals surface area contributed by atoms with E-state index in [1.807, 2.05) is 0 Å².